The second-order valence-electron chi connectivity index (χ2n) is 6.00. The Hall–Kier alpha value is -2.69. The van der Waals surface area contributed by atoms with Crippen molar-refractivity contribution in [2.24, 2.45) is 5.92 Å². The number of halogens is 1. The van der Waals surface area contributed by atoms with Gasteiger partial charge in [0.05, 0.1) is 11.6 Å². The smallest absolute Gasteiger partial charge is 0.227 e. The summed E-state index contributed by atoms with van der Waals surface area (Å²) in [5.41, 5.74) is 2.38. The molecule has 0 aromatic heterocycles. The lowest BCUT2D eigenvalue weighted by atomic mass is 10.1. The van der Waals surface area contributed by atoms with E-state index in [-0.39, 0.29) is 30.5 Å². The van der Waals surface area contributed by atoms with Gasteiger partial charge in [0.15, 0.2) is 0 Å². The highest BCUT2D eigenvalue weighted by Gasteiger charge is 2.35. The number of hydrogen-bond donors (Lipinski definition) is 1. The molecular weight excluding hydrogens is 307 g/mol. The summed E-state index contributed by atoms with van der Waals surface area (Å²) >= 11 is 0. The summed E-state index contributed by atoms with van der Waals surface area (Å²) in [4.78, 5) is 25.9. The standard InChI is InChI=1S/C19H19FN2O2/c1-13-6-2-3-7-14(13)11-21-19(24)15-10-18(23)22(12-15)17-9-5-4-8-16(17)20/h2-9,15H,10-12H2,1H3,(H,21,24)/t15-/m0/s1. The summed E-state index contributed by atoms with van der Waals surface area (Å²) in [6.45, 7) is 2.62. The Bertz CT molecular complexity index is 775. The lowest BCUT2D eigenvalue weighted by molar-refractivity contribution is -0.126. The molecule has 0 spiro atoms. The predicted octanol–water partition coefficient (Wildman–Crippen LogP) is 2.80. The van der Waals surface area contributed by atoms with Crippen molar-refractivity contribution in [3.05, 3.63) is 65.5 Å². The highest BCUT2D eigenvalue weighted by atomic mass is 19.1. The molecule has 1 aliphatic rings. The van der Waals surface area contributed by atoms with Crippen LogP contribution in [0.15, 0.2) is 48.5 Å². The molecule has 2 amide bonds. The maximum absolute atomic E-state index is 13.9. The zero-order valence-electron chi connectivity index (χ0n) is 13.5. The highest BCUT2D eigenvalue weighted by Crippen LogP contribution is 2.27. The van der Waals surface area contributed by atoms with Gasteiger partial charge in [0.25, 0.3) is 0 Å². The molecule has 3 rings (SSSR count). The monoisotopic (exact) mass is 326 g/mol. The van der Waals surface area contributed by atoms with Crippen LogP contribution in [0.5, 0.6) is 0 Å². The molecule has 0 radical (unpaired) electrons. The van der Waals surface area contributed by atoms with Crippen molar-refractivity contribution in [3.8, 4) is 0 Å². The summed E-state index contributed by atoms with van der Waals surface area (Å²) < 4.78 is 13.9. The van der Waals surface area contributed by atoms with E-state index in [1.54, 1.807) is 18.2 Å². The zero-order valence-corrected chi connectivity index (χ0v) is 13.5. The molecule has 1 fully saturated rings. The topological polar surface area (TPSA) is 49.4 Å². The highest BCUT2D eigenvalue weighted by molar-refractivity contribution is 6.00. The van der Waals surface area contributed by atoms with Crippen molar-refractivity contribution in [3.63, 3.8) is 0 Å². The van der Waals surface area contributed by atoms with Gasteiger partial charge in [0.2, 0.25) is 11.8 Å². The number of anilines is 1. The average Bonchev–Trinajstić information content (AvgIpc) is 2.96. The van der Waals surface area contributed by atoms with Crippen LogP contribution < -0.4 is 10.2 Å². The minimum atomic E-state index is -0.457. The molecule has 2 aromatic rings. The molecule has 0 aliphatic carbocycles. The molecule has 5 heteroatoms. The van der Waals surface area contributed by atoms with E-state index in [1.807, 2.05) is 31.2 Å². The summed E-state index contributed by atoms with van der Waals surface area (Å²) in [6, 6.07) is 13.9. The van der Waals surface area contributed by atoms with Crippen molar-refractivity contribution < 1.29 is 14.0 Å². The Morgan fingerprint density at radius 2 is 1.92 bits per heavy atom. The van der Waals surface area contributed by atoms with Gasteiger partial charge in [-0.3, -0.25) is 9.59 Å². The van der Waals surface area contributed by atoms with Gasteiger partial charge in [0, 0.05) is 19.5 Å². The van der Waals surface area contributed by atoms with E-state index >= 15 is 0 Å². The lowest BCUT2D eigenvalue weighted by Gasteiger charge is -2.17. The van der Waals surface area contributed by atoms with Gasteiger partial charge < -0.3 is 10.2 Å². The third kappa shape index (κ3) is 3.30. The number of carbonyl (C=O) groups is 2. The predicted molar refractivity (Wildman–Crippen MR) is 89.9 cm³/mol. The third-order valence-electron chi connectivity index (χ3n) is 4.35. The molecule has 2 aromatic carbocycles. The van der Waals surface area contributed by atoms with E-state index in [2.05, 4.69) is 5.32 Å². The summed E-state index contributed by atoms with van der Waals surface area (Å²) in [5, 5.41) is 2.88. The minimum absolute atomic E-state index is 0.105. The minimum Gasteiger partial charge on any atom is -0.352 e. The van der Waals surface area contributed by atoms with Crippen LogP contribution in [0.2, 0.25) is 0 Å². The molecule has 1 saturated heterocycles. The molecular formula is C19H19FN2O2. The first-order valence-electron chi connectivity index (χ1n) is 7.93. The maximum atomic E-state index is 13.9. The number of carbonyl (C=O) groups excluding carboxylic acids is 2. The first-order valence-corrected chi connectivity index (χ1v) is 7.93. The van der Waals surface area contributed by atoms with E-state index in [0.717, 1.165) is 11.1 Å². The van der Waals surface area contributed by atoms with E-state index in [1.165, 1.54) is 11.0 Å². The Morgan fingerprint density at radius 3 is 2.67 bits per heavy atom. The van der Waals surface area contributed by atoms with Crippen LogP contribution in [0.4, 0.5) is 10.1 Å². The third-order valence-corrected chi connectivity index (χ3v) is 4.35. The van der Waals surface area contributed by atoms with E-state index in [0.29, 0.717) is 6.54 Å². The molecule has 0 unspecified atom stereocenters. The van der Waals surface area contributed by atoms with Crippen molar-refractivity contribution in [2.75, 3.05) is 11.4 Å². The van der Waals surface area contributed by atoms with E-state index in [4.69, 9.17) is 0 Å². The van der Waals surface area contributed by atoms with E-state index < -0.39 is 11.7 Å². The summed E-state index contributed by atoms with van der Waals surface area (Å²) in [7, 11) is 0. The average molecular weight is 326 g/mol. The summed E-state index contributed by atoms with van der Waals surface area (Å²) in [5.74, 6) is -1.31. The molecule has 124 valence electrons. The number of hydrogen-bond acceptors (Lipinski definition) is 2. The van der Waals surface area contributed by atoms with Crippen LogP contribution in [0.1, 0.15) is 17.5 Å². The van der Waals surface area contributed by atoms with Crippen LogP contribution in [0.25, 0.3) is 0 Å². The molecule has 1 aliphatic heterocycles. The number of amides is 2. The van der Waals surface area contributed by atoms with Crippen LogP contribution >= 0.6 is 0 Å². The molecule has 4 nitrogen and oxygen atoms in total. The first-order chi connectivity index (χ1) is 11.6. The zero-order chi connectivity index (χ0) is 17.1. The largest absolute Gasteiger partial charge is 0.352 e. The van der Waals surface area contributed by atoms with Crippen molar-refractivity contribution in [1.29, 1.82) is 0 Å². The Morgan fingerprint density at radius 1 is 1.21 bits per heavy atom. The summed E-state index contributed by atoms with van der Waals surface area (Å²) in [6.07, 6.45) is 0.105. The molecule has 1 atom stereocenters. The number of para-hydroxylation sites is 1. The Kier molecular flexibility index (Phi) is 4.60. The number of nitrogens with one attached hydrogen (secondary N) is 1. The lowest BCUT2D eigenvalue weighted by Crippen LogP contribution is -2.33. The van der Waals surface area contributed by atoms with Gasteiger partial charge in [-0.1, -0.05) is 36.4 Å². The Balaban J connectivity index is 1.64. The normalized spacial score (nSPS) is 17.2. The van der Waals surface area contributed by atoms with Gasteiger partial charge in [-0.05, 0) is 30.2 Å². The molecule has 0 bridgehead atoms. The van der Waals surface area contributed by atoms with Gasteiger partial charge in [-0.15, -0.1) is 0 Å². The van der Waals surface area contributed by atoms with Gasteiger partial charge >= 0.3 is 0 Å². The van der Waals surface area contributed by atoms with Crippen LogP contribution in [-0.2, 0) is 16.1 Å². The maximum Gasteiger partial charge on any atom is 0.227 e. The van der Waals surface area contributed by atoms with Gasteiger partial charge in [0.1, 0.15) is 5.82 Å². The number of aryl methyl sites for hydroxylation is 1. The Labute approximate surface area is 140 Å². The fraction of sp³-hybridized carbons (Fsp3) is 0.263. The van der Waals surface area contributed by atoms with Crippen molar-refractivity contribution in [1.82, 2.24) is 5.32 Å². The second-order valence-corrected chi connectivity index (χ2v) is 6.00. The molecule has 24 heavy (non-hydrogen) atoms. The van der Waals surface area contributed by atoms with E-state index in [9.17, 15) is 14.0 Å². The molecule has 0 saturated carbocycles. The fourth-order valence-corrected chi connectivity index (χ4v) is 2.92. The first kappa shape index (κ1) is 16.2. The number of rotatable bonds is 4. The SMILES string of the molecule is Cc1ccccc1CNC(=O)[C@H]1CC(=O)N(c2ccccc2F)C1. The molecule has 1 heterocycles. The van der Waals surface area contributed by atoms with Gasteiger partial charge in [-0.25, -0.2) is 4.39 Å². The van der Waals surface area contributed by atoms with Crippen LogP contribution in [-0.4, -0.2) is 18.4 Å². The van der Waals surface area contributed by atoms with Crippen molar-refractivity contribution in [2.45, 2.75) is 19.9 Å². The van der Waals surface area contributed by atoms with Crippen molar-refractivity contribution >= 4 is 17.5 Å². The second kappa shape index (κ2) is 6.83. The van der Waals surface area contributed by atoms with Gasteiger partial charge in [-0.2, -0.15) is 0 Å². The number of nitrogens with zero attached hydrogens (tertiary/aromatic N) is 1. The number of benzene rings is 2. The van der Waals surface area contributed by atoms with Crippen LogP contribution in [0.3, 0.4) is 0 Å². The molecule has 1 N–H and O–H groups in total. The fourth-order valence-electron chi connectivity index (χ4n) is 2.92. The van der Waals surface area contributed by atoms with Crippen LogP contribution in [0, 0.1) is 18.7 Å². The quantitative estimate of drug-likeness (QED) is 0.939.